The summed E-state index contributed by atoms with van der Waals surface area (Å²) in [5, 5.41) is 0.982. The van der Waals surface area contributed by atoms with Crippen LogP contribution in [-0.2, 0) is 20.7 Å². The maximum Gasteiger partial charge on any atom is 0.330 e. The molecule has 0 amide bonds. The van der Waals surface area contributed by atoms with Gasteiger partial charge in [-0.1, -0.05) is 73.3 Å². The Morgan fingerprint density at radius 3 is 1.90 bits per heavy atom. The number of rotatable bonds is 7. The fourth-order valence-corrected chi connectivity index (χ4v) is 6.41. The molecule has 0 aliphatic carbocycles. The molecule has 0 aliphatic heterocycles. The zero-order valence-electron chi connectivity index (χ0n) is 17.9. The molecular weight excluding hydrogens is 407 g/mol. The summed E-state index contributed by atoms with van der Waals surface area (Å²) in [4.78, 5) is 25.6. The summed E-state index contributed by atoms with van der Waals surface area (Å²) in [7, 11) is -3.63. The summed E-state index contributed by atoms with van der Waals surface area (Å²) in [5.41, 5.74) is 3.04. The molecule has 0 unspecified atom stereocenters. The van der Waals surface area contributed by atoms with E-state index < -0.39 is 18.6 Å². The van der Waals surface area contributed by atoms with Gasteiger partial charge in [0.1, 0.15) is 6.61 Å². The van der Waals surface area contributed by atoms with E-state index >= 15 is 0 Å². The molecule has 0 saturated heterocycles. The molecule has 0 spiro atoms. The summed E-state index contributed by atoms with van der Waals surface area (Å²) in [6.45, 7) is 8.98. The van der Waals surface area contributed by atoms with E-state index in [1.807, 2.05) is 39.0 Å². The van der Waals surface area contributed by atoms with Gasteiger partial charge in [0.2, 0.25) is 12.7 Å². The number of carbonyl (C=O) groups is 2. The van der Waals surface area contributed by atoms with Crippen LogP contribution in [-0.4, -0.2) is 11.5 Å². The van der Waals surface area contributed by atoms with Gasteiger partial charge in [0, 0.05) is 22.2 Å². The molecule has 3 aromatic carbocycles. The van der Waals surface area contributed by atoms with Gasteiger partial charge in [-0.05, 0) is 43.0 Å². The number of carbonyl (C=O) groups excluding carboxylic acids is 2. The van der Waals surface area contributed by atoms with Crippen LogP contribution in [0.4, 0.5) is 0 Å². The number of hydrogen-bond acceptors (Lipinski definition) is 4. The molecule has 3 aromatic rings. The summed E-state index contributed by atoms with van der Waals surface area (Å²) < 4.78 is 19.7. The average Bonchev–Trinajstić information content (AvgIpc) is 2.78. The lowest BCUT2D eigenvalue weighted by Gasteiger charge is -2.22. The van der Waals surface area contributed by atoms with Crippen LogP contribution in [0.2, 0.25) is 0 Å². The lowest BCUT2D eigenvalue weighted by molar-refractivity contribution is -0.139. The van der Waals surface area contributed by atoms with Gasteiger partial charge in [0.25, 0.3) is 0 Å². The monoisotopic (exact) mass is 432 g/mol. The molecular formula is C26H25O4P. The largest absolute Gasteiger partial charge is 0.458 e. The second-order valence-corrected chi connectivity index (χ2v) is 10.0. The van der Waals surface area contributed by atoms with Crippen LogP contribution in [0, 0.1) is 20.8 Å². The first-order valence-corrected chi connectivity index (χ1v) is 11.7. The van der Waals surface area contributed by atoms with Crippen LogP contribution in [0.3, 0.4) is 0 Å². The molecule has 0 atom stereocenters. The highest BCUT2D eigenvalue weighted by atomic mass is 31.2. The number of aryl methyl sites for hydroxylation is 2. The highest BCUT2D eigenvalue weighted by Crippen LogP contribution is 2.48. The minimum Gasteiger partial charge on any atom is -0.458 e. The topological polar surface area (TPSA) is 60.4 Å². The maximum absolute atomic E-state index is 14.5. The van der Waals surface area contributed by atoms with E-state index in [1.54, 1.807) is 48.5 Å². The van der Waals surface area contributed by atoms with Gasteiger partial charge in [-0.15, -0.1) is 0 Å². The van der Waals surface area contributed by atoms with Crippen LogP contribution in [0.1, 0.15) is 32.6 Å². The SMILES string of the molecule is C=CC(=O)OCc1c(C)cc(C)c(C(=O)P(=O)(c2ccccc2)c2ccccc2)c1C. The van der Waals surface area contributed by atoms with Crippen LogP contribution >= 0.6 is 7.14 Å². The van der Waals surface area contributed by atoms with E-state index in [4.69, 9.17) is 4.74 Å². The van der Waals surface area contributed by atoms with E-state index in [9.17, 15) is 14.2 Å². The third kappa shape index (κ3) is 4.30. The van der Waals surface area contributed by atoms with Crippen molar-refractivity contribution in [3.63, 3.8) is 0 Å². The fourth-order valence-electron chi connectivity index (χ4n) is 3.80. The Kier molecular flexibility index (Phi) is 6.72. The Morgan fingerprint density at radius 1 is 0.903 bits per heavy atom. The van der Waals surface area contributed by atoms with Crippen molar-refractivity contribution in [3.8, 4) is 0 Å². The molecule has 0 radical (unpaired) electrons. The van der Waals surface area contributed by atoms with Crippen molar-refractivity contribution >= 4 is 29.2 Å². The van der Waals surface area contributed by atoms with Gasteiger partial charge in [-0.2, -0.15) is 0 Å². The van der Waals surface area contributed by atoms with Crippen molar-refractivity contribution in [1.82, 2.24) is 0 Å². The maximum atomic E-state index is 14.5. The fraction of sp³-hybridized carbons (Fsp3) is 0.154. The number of esters is 1. The van der Waals surface area contributed by atoms with Crippen molar-refractivity contribution in [2.24, 2.45) is 0 Å². The quantitative estimate of drug-likeness (QED) is 0.300. The predicted octanol–water partition coefficient (Wildman–Crippen LogP) is 5.00. The van der Waals surface area contributed by atoms with E-state index in [1.165, 1.54) is 0 Å². The Hall–Kier alpha value is -3.23. The van der Waals surface area contributed by atoms with E-state index in [2.05, 4.69) is 6.58 Å². The molecule has 158 valence electrons. The smallest absolute Gasteiger partial charge is 0.330 e. The third-order valence-electron chi connectivity index (χ3n) is 5.40. The average molecular weight is 432 g/mol. The van der Waals surface area contributed by atoms with Gasteiger partial charge in [0.05, 0.1) is 0 Å². The highest BCUT2D eigenvalue weighted by Gasteiger charge is 2.38. The van der Waals surface area contributed by atoms with Crippen molar-refractivity contribution in [2.45, 2.75) is 27.4 Å². The lowest BCUT2D eigenvalue weighted by Crippen LogP contribution is -2.24. The first kappa shape index (κ1) is 22.5. The van der Waals surface area contributed by atoms with Crippen molar-refractivity contribution in [2.75, 3.05) is 0 Å². The standard InChI is InChI=1S/C26H25O4P/c1-5-24(27)30-17-23-18(2)16-19(3)25(20(23)4)26(28)31(29,21-12-8-6-9-13-21)22-14-10-7-11-15-22/h5-16H,1,17H2,2-4H3. The van der Waals surface area contributed by atoms with Gasteiger partial charge in [-0.3, -0.25) is 4.79 Å². The summed E-state index contributed by atoms with van der Waals surface area (Å²) in [6.07, 6.45) is 1.10. The zero-order chi connectivity index (χ0) is 22.6. The molecule has 31 heavy (non-hydrogen) atoms. The first-order chi connectivity index (χ1) is 14.8. The third-order valence-corrected chi connectivity index (χ3v) is 8.24. The van der Waals surface area contributed by atoms with E-state index in [0.717, 1.165) is 22.8 Å². The van der Waals surface area contributed by atoms with Crippen molar-refractivity contribution < 1.29 is 18.9 Å². The van der Waals surface area contributed by atoms with Crippen molar-refractivity contribution in [1.29, 1.82) is 0 Å². The second-order valence-electron chi connectivity index (χ2n) is 7.39. The lowest BCUT2D eigenvalue weighted by atomic mass is 9.94. The molecule has 5 heteroatoms. The van der Waals surface area contributed by atoms with E-state index in [-0.39, 0.29) is 6.61 Å². The van der Waals surface area contributed by atoms with E-state index in [0.29, 0.717) is 21.7 Å². The van der Waals surface area contributed by atoms with Gasteiger partial charge >= 0.3 is 5.97 Å². The van der Waals surface area contributed by atoms with Crippen LogP contribution in [0.25, 0.3) is 0 Å². The van der Waals surface area contributed by atoms with Gasteiger partial charge in [0.15, 0.2) is 0 Å². The second kappa shape index (κ2) is 9.28. The Balaban J connectivity index is 2.20. The number of ether oxygens (including phenoxy) is 1. The molecule has 3 rings (SSSR count). The Labute approximate surface area is 183 Å². The van der Waals surface area contributed by atoms with Crippen molar-refractivity contribution in [3.05, 3.63) is 107 Å². The minimum atomic E-state index is -3.63. The molecule has 0 fully saturated rings. The molecule has 0 heterocycles. The highest BCUT2D eigenvalue weighted by molar-refractivity contribution is 7.93. The van der Waals surface area contributed by atoms with Gasteiger partial charge < -0.3 is 9.30 Å². The number of hydrogen-bond donors (Lipinski definition) is 0. The molecule has 0 saturated carbocycles. The minimum absolute atomic E-state index is 0.0179. The van der Waals surface area contributed by atoms with Gasteiger partial charge in [-0.25, -0.2) is 4.79 Å². The molecule has 0 bridgehead atoms. The summed E-state index contributed by atoms with van der Waals surface area (Å²) in [5.74, 6) is -0.536. The first-order valence-electron chi connectivity index (χ1n) is 9.95. The normalized spacial score (nSPS) is 11.1. The Morgan fingerprint density at radius 2 is 1.42 bits per heavy atom. The molecule has 0 N–H and O–H groups in total. The Bertz CT molecular complexity index is 1140. The number of benzene rings is 3. The van der Waals surface area contributed by atoms with Crippen LogP contribution < -0.4 is 10.6 Å². The zero-order valence-corrected chi connectivity index (χ0v) is 18.8. The molecule has 0 aromatic heterocycles. The van der Waals surface area contributed by atoms with Crippen LogP contribution in [0.15, 0.2) is 79.4 Å². The summed E-state index contributed by atoms with van der Waals surface area (Å²) >= 11 is 0. The van der Waals surface area contributed by atoms with Crippen LogP contribution in [0.5, 0.6) is 0 Å². The predicted molar refractivity (Wildman–Crippen MR) is 125 cm³/mol. The summed E-state index contributed by atoms with van der Waals surface area (Å²) in [6, 6.07) is 19.6. The molecule has 0 aliphatic rings. The molecule has 4 nitrogen and oxygen atoms in total.